The van der Waals surface area contributed by atoms with Gasteiger partial charge >= 0.3 is 0 Å². The Hall–Kier alpha value is -2.21. The first kappa shape index (κ1) is 15.8. The highest BCUT2D eigenvalue weighted by Crippen LogP contribution is 2.21. The van der Waals surface area contributed by atoms with Crippen molar-refractivity contribution in [2.75, 3.05) is 0 Å². The topological polar surface area (TPSA) is 59.6 Å². The third kappa shape index (κ3) is 4.81. The quantitative estimate of drug-likeness (QED) is 0.386. The summed E-state index contributed by atoms with van der Waals surface area (Å²) in [5, 5.41) is 0. The van der Waals surface area contributed by atoms with E-state index in [0.29, 0.717) is 5.70 Å². The second-order valence-corrected chi connectivity index (χ2v) is 4.30. The largest absolute Gasteiger partial charge is 0.433 e. The molecule has 0 atom stereocenters. The molecule has 3 N–H and O–H groups in total. The summed E-state index contributed by atoms with van der Waals surface area (Å²) in [7, 11) is 0. The molecule has 108 valence electrons. The van der Waals surface area contributed by atoms with E-state index in [1.54, 1.807) is 13.0 Å². The zero-order valence-corrected chi connectivity index (χ0v) is 11.6. The van der Waals surface area contributed by atoms with E-state index in [1.165, 1.54) is 12.3 Å². The summed E-state index contributed by atoms with van der Waals surface area (Å²) in [6.45, 7) is 5.32. The van der Waals surface area contributed by atoms with Crippen LogP contribution in [0.1, 0.15) is 20.8 Å². The van der Waals surface area contributed by atoms with Crippen molar-refractivity contribution >= 4 is 5.90 Å². The van der Waals surface area contributed by atoms with Crippen molar-refractivity contribution in [3.63, 3.8) is 0 Å². The van der Waals surface area contributed by atoms with Crippen molar-refractivity contribution in [2.45, 2.75) is 20.8 Å². The van der Waals surface area contributed by atoms with E-state index in [1.807, 2.05) is 13.8 Å². The number of allylic oxidation sites excluding steroid dienone is 2. The Kier molecular flexibility index (Phi) is 5.86. The standard InChI is InChI=1S/C14H17F2N3O/c1-9(2)7-13(18-8-10(3)19-17)20-14-11(15)5-4-6-12(14)16/h4-8,19H,17H2,1-3H3/b10-8+,18-13?. The molecular formula is C14H17F2N3O. The number of aliphatic imine (C=N–C) groups is 1. The summed E-state index contributed by atoms with van der Waals surface area (Å²) < 4.78 is 32.2. The minimum absolute atomic E-state index is 0.0589. The SMILES string of the molecule is CC(C)=CC(=N/C=C(\C)NN)Oc1c(F)cccc1F. The lowest BCUT2D eigenvalue weighted by molar-refractivity contribution is 0.449. The summed E-state index contributed by atoms with van der Waals surface area (Å²) in [5.41, 5.74) is 3.83. The summed E-state index contributed by atoms with van der Waals surface area (Å²) >= 11 is 0. The predicted octanol–water partition coefficient (Wildman–Crippen LogP) is 3.03. The third-order valence-corrected chi connectivity index (χ3v) is 2.15. The highest BCUT2D eigenvalue weighted by atomic mass is 19.1. The average molecular weight is 281 g/mol. The number of para-hydroxylation sites is 1. The predicted molar refractivity (Wildman–Crippen MR) is 74.9 cm³/mol. The lowest BCUT2D eigenvalue weighted by atomic mass is 10.3. The van der Waals surface area contributed by atoms with Gasteiger partial charge in [-0.05, 0) is 39.0 Å². The lowest BCUT2D eigenvalue weighted by Gasteiger charge is -2.07. The van der Waals surface area contributed by atoms with Gasteiger partial charge in [0.15, 0.2) is 11.6 Å². The Bertz CT molecular complexity index is 541. The van der Waals surface area contributed by atoms with Crippen molar-refractivity contribution in [1.82, 2.24) is 5.43 Å². The molecule has 0 radical (unpaired) electrons. The molecule has 1 aromatic rings. The van der Waals surface area contributed by atoms with Gasteiger partial charge < -0.3 is 10.2 Å². The highest BCUT2D eigenvalue weighted by molar-refractivity contribution is 5.90. The smallest absolute Gasteiger partial charge is 0.219 e. The summed E-state index contributed by atoms with van der Waals surface area (Å²) in [5.74, 6) is 3.18. The molecule has 0 aliphatic heterocycles. The average Bonchev–Trinajstić information content (AvgIpc) is 2.39. The number of halogens is 2. The molecule has 0 fully saturated rings. The number of nitrogens with one attached hydrogen (secondary N) is 1. The molecule has 0 spiro atoms. The maximum atomic E-state index is 13.5. The molecule has 0 aliphatic rings. The van der Waals surface area contributed by atoms with Crippen LogP contribution in [0.25, 0.3) is 0 Å². The summed E-state index contributed by atoms with van der Waals surface area (Å²) in [6, 6.07) is 3.49. The highest BCUT2D eigenvalue weighted by Gasteiger charge is 2.11. The number of rotatable bonds is 4. The first-order chi connectivity index (χ1) is 9.43. The van der Waals surface area contributed by atoms with Crippen LogP contribution in [-0.4, -0.2) is 5.90 Å². The second kappa shape index (κ2) is 7.40. The molecule has 0 amide bonds. The minimum atomic E-state index is -0.794. The van der Waals surface area contributed by atoms with Crippen LogP contribution >= 0.6 is 0 Å². The van der Waals surface area contributed by atoms with Crippen LogP contribution in [-0.2, 0) is 0 Å². The molecule has 6 heteroatoms. The number of ether oxygens (including phenoxy) is 1. The fraction of sp³-hybridized carbons (Fsp3) is 0.214. The molecule has 0 aromatic heterocycles. The van der Waals surface area contributed by atoms with Gasteiger partial charge in [-0.25, -0.2) is 13.8 Å². The Morgan fingerprint density at radius 3 is 2.35 bits per heavy atom. The molecule has 20 heavy (non-hydrogen) atoms. The number of benzene rings is 1. The molecule has 0 bridgehead atoms. The normalized spacial score (nSPS) is 12.1. The van der Waals surface area contributed by atoms with E-state index in [2.05, 4.69) is 10.4 Å². The van der Waals surface area contributed by atoms with E-state index in [4.69, 9.17) is 10.6 Å². The molecule has 0 unspecified atom stereocenters. The van der Waals surface area contributed by atoms with Crippen molar-refractivity contribution in [2.24, 2.45) is 10.8 Å². The van der Waals surface area contributed by atoms with Crippen molar-refractivity contribution in [3.05, 3.63) is 53.4 Å². The van der Waals surface area contributed by atoms with Crippen LogP contribution < -0.4 is 16.0 Å². The molecule has 0 saturated carbocycles. The van der Waals surface area contributed by atoms with Gasteiger partial charge in [0.1, 0.15) is 0 Å². The fourth-order valence-corrected chi connectivity index (χ4v) is 1.22. The van der Waals surface area contributed by atoms with Crippen LogP contribution in [0, 0.1) is 11.6 Å². The van der Waals surface area contributed by atoms with E-state index in [-0.39, 0.29) is 5.90 Å². The number of hydrogen-bond donors (Lipinski definition) is 2. The van der Waals surface area contributed by atoms with Gasteiger partial charge in [-0.3, -0.25) is 5.84 Å². The molecule has 1 rings (SSSR count). The van der Waals surface area contributed by atoms with Crippen molar-refractivity contribution in [3.8, 4) is 5.75 Å². The monoisotopic (exact) mass is 281 g/mol. The molecule has 4 nitrogen and oxygen atoms in total. The lowest BCUT2D eigenvalue weighted by Crippen LogP contribution is -2.19. The first-order valence-electron chi connectivity index (χ1n) is 5.92. The zero-order chi connectivity index (χ0) is 15.1. The van der Waals surface area contributed by atoms with Crippen molar-refractivity contribution < 1.29 is 13.5 Å². The van der Waals surface area contributed by atoms with Crippen LogP contribution in [0.5, 0.6) is 5.75 Å². The maximum absolute atomic E-state index is 13.5. The van der Waals surface area contributed by atoms with Gasteiger partial charge in [0, 0.05) is 5.70 Å². The summed E-state index contributed by atoms with van der Waals surface area (Å²) in [4.78, 5) is 3.99. The van der Waals surface area contributed by atoms with Gasteiger partial charge in [0.25, 0.3) is 0 Å². The Labute approximate surface area is 116 Å². The van der Waals surface area contributed by atoms with E-state index < -0.39 is 17.4 Å². The molecule has 0 saturated heterocycles. The van der Waals surface area contributed by atoms with Gasteiger partial charge in [0.05, 0.1) is 6.20 Å². The molecule has 1 aromatic carbocycles. The Morgan fingerprint density at radius 2 is 1.85 bits per heavy atom. The van der Waals surface area contributed by atoms with Crippen LogP contribution in [0.4, 0.5) is 8.78 Å². The van der Waals surface area contributed by atoms with Gasteiger partial charge in [-0.1, -0.05) is 11.6 Å². The molecule has 0 heterocycles. The minimum Gasteiger partial charge on any atom is -0.433 e. The second-order valence-electron chi connectivity index (χ2n) is 4.30. The fourth-order valence-electron chi connectivity index (χ4n) is 1.22. The Morgan fingerprint density at radius 1 is 1.25 bits per heavy atom. The van der Waals surface area contributed by atoms with Gasteiger partial charge in [-0.15, -0.1) is 0 Å². The number of hydrazine groups is 1. The number of nitrogens with two attached hydrogens (primary N) is 1. The number of nitrogens with zero attached hydrogens (tertiary/aromatic N) is 1. The number of hydrogen-bond acceptors (Lipinski definition) is 4. The third-order valence-electron chi connectivity index (χ3n) is 2.15. The van der Waals surface area contributed by atoms with Crippen LogP contribution in [0.15, 0.2) is 46.7 Å². The van der Waals surface area contributed by atoms with E-state index >= 15 is 0 Å². The molecular weight excluding hydrogens is 264 g/mol. The molecule has 0 aliphatic carbocycles. The first-order valence-corrected chi connectivity index (χ1v) is 5.92. The Balaban J connectivity index is 3.11. The zero-order valence-electron chi connectivity index (χ0n) is 11.6. The van der Waals surface area contributed by atoms with Gasteiger partial charge in [0.2, 0.25) is 11.6 Å². The van der Waals surface area contributed by atoms with E-state index in [9.17, 15) is 8.78 Å². The maximum Gasteiger partial charge on any atom is 0.219 e. The summed E-state index contributed by atoms with van der Waals surface area (Å²) in [6.07, 6.45) is 2.96. The van der Waals surface area contributed by atoms with Gasteiger partial charge in [-0.2, -0.15) is 0 Å². The van der Waals surface area contributed by atoms with Crippen LogP contribution in [0.2, 0.25) is 0 Å². The van der Waals surface area contributed by atoms with E-state index in [0.717, 1.165) is 17.7 Å². The van der Waals surface area contributed by atoms with Crippen LogP contribution in [0.3, 0.4) is 0 Å². The van der Waals surface area contributed by atoms with Crippen molar-refractivity contribution in [1.29, 1.82) is 0 Å².